The Morgan fingerprint density at radius 1 is 1.15 bits per heavy atom. The third-order valence-electron chi connectivity index (χ3n) is 3.55. The first-order valence-corrected chi connectivity index (χ1v) is 6.81. The standard InChI is InChI=1S/C15H18FNO3/c16-12-3-1-11(2-4-12)14(19)5-6-15(20)17-9-7-13(18)8-10-17/h1-4,13,18H,5-10H2. The van der Waals surface area contributed by atoms with Crippen LogP contribution in [0, 0.1) is 5.82 Å². The van der Waals surface area contributed by atoms with Gasteiger partial charge in [0.05, 0.1) is 6.10 Å². The van der Waals surface area contributed by atoms with Crippen LogP contribution in [0.2, 0.25) is 0 Å². The van der Waals surface area contributed by atoms with Crippen LogP contribution in [0.3, 0.4) is 0 Å². The predicted molar refractivity (Wildman–Crippen MR) is 71.8 cm³/mol. The van der Waals surface area contributed by atoms with Gasteiger partial charge in [0.2, 0.25) is 5.91 Å². The van der Waals surface area contributed by atoms with Crippen LogP contribution in [-0.2, 0) is 4.79 Å². The fourth-order valence-electron chi connectivity index (χ4n) is 2.27. The van der Waals surface area contributed by atoms with Crippen molar-refractivity contribution in [3.8, 4) is 0 Å². The fraction of sp³-hybridized carbons (Fsp3) is 0.467. The fourth-order valence-corrected chi connectivity index (χ4v) is 2.27. The molecule has 1 aliphatic rings. The minimum atomic E-state index is -0.385. The maximum absolute atomic E-state index is 12.7. The molecule has 0 radical (unpaired) electrons. The molecule has 20 heavy (non-hydrogen) atoms. The largest absolute Gasteiger partial charge is 0.393 e. The molecule has 1 aromatic rings. The number of aliphatic hydroxyl groups is 1. The number of hydrogen-bond acceptors (Lipinski definition) is 3. The van der Waals surface area contributed by atoms with Gasteiger partial charge in [-0.25, -0.2) is 4.39 Å². The van der Waals surface area contributed by atoms with Crippen LogP contribution in [0.1, 0.15) is 36.0 Å². The maximum atomic E-state index is 12.7. The van der Waals surface area contributed by atoms with E-state index in [1.54, 1.807) is 4.90 Å². The van der Waals surface area contributed by atoms with E-state index in [9.17, 15) is 19.1 Å². The minimum absolute atomic E-state index is 0.0626. The van der Waals surface area contributed by atoms with Gasteiger partial charge in [-0.1, -0.05) is 0 Å². The molecule has 1 heterocycles. The van der Waals surface area contributed by atoms with Crippen molar-refractivity contribution in [2.75, 3.05) is 13.1 Å². The first-order valence-electron chi connectivity index (χ1n) is 6.81. The van der Waals surface area contributed by atoms with E-state index in [-0.39, 0.29) is 36.5 Å². The molecule has 0 saturated carbocycles. The number of likely N-dealkylation sites (tertiary alicyclic amines) is 1. The van der Waals surface area contributed by atoms with Gasteiger partial charge in [-0.05, 0) is 37.1 Å². The second-order valence-corrected chi connectivity index (χ2v) is 5.04. The number of nitrogens with zero attached hydrogens (tertiary/aromatic N) is 1. The summed E-state index contributed by atoms with van der Waals surface area (Å²) in [4.78, 5) is 25.5. The number of rotatable bonds is 4. The average molecular weight is 279 g/mol. The van der Waals surface area contributed by atoms with Crippen molar-refractivity contribution in [2.24, 2.45) is 0 Å². The van der Waals surface area contributed by atoms with E-state index in [0.717, 1.165) is 0 Å². The number of benzene rings is 1. The van der Waals surface area contributed by atoms with Gasteiger partial charge < -0.3 is 10.0 Å². The highest BCUT2D eigenvalue weighted by atomic mass is 19.1. The van der Waals surface area contributed by atoms with Crippen molar-refractivity contribution >= 4 is 11.7 Å². The van der Waals surface area contributed by atoms with Gasteiger partial charge in [0.25, 0.3) is 0 Å². The van der Waals surface area contributed by atoms with Crippen molar-refractivity contribution in [2.45, 2.75) is 31.8 Å². The van der Waals surface area contributed by atoms with Crippen LogP contribution in [-0.4, -0.2) is 40.9 Å². The molecule has 1 N–H and O–H groups in total. The zero-order valence-electron chi connectivity index (χ0n) is 11.2. The van der Waals surface area contributed by atoms with Gasteiger partial charge in [0.15, 0.2) is 5.78 Å². The quantitative estimate of drug-likeness (QED) is 0.855. The first-order chi connectivity index (χ1) is 9.56. The van der Waals surface area contributed by atoms with Gasteiger partial charge >= 0.3 is 0 Å². The Kier molecular flexibility index (Phi) is 4.84. The molecule has 1 amide bonds. The number of Topliss-reactive ketones (excluding diaryl/α,β-unsaturated/α-hetero) is 1. The van der Waals surface area contributed by atoms with Crippen LogP contribution in [0.25, 0.3) is 0 Å². The van der Waals surface area contributed by atoms with E-state index >= 15 is 0 Å². The summed E-state index contributed by atoms with van der Waals surface area (Å²) < 4.78 is 12.7. The Bertz CT molecular complexity index is 478. The zero-order chi connectivity index (χ0) is 14.5. The van der Waals surface area contributed by atoms with Crippen LogP contribution in [0.5, 0.6) is 0 Å². The third-order valence-corrected chi connectivity index (χ3v) is 3.55. The van der Waals surface area contributed by atoms with E-state index in [0.29, 0.717) is 31.5 Å². The highest BCUT2D eigenvalue weighted by Crippen LogP contribution is 2.13. The molecule has 2 rings (SSSR count). The Balaban J connectivity index is 1.81. The number of piperidine rings is 1. The van der Waals surface area contributed by atoms with Crippen molar-refractivity contribution in [3.63, 3.8) is 0 Å². The summed E-state index contributed by atoms with van der Waals surface area (Å²) >= 11 is 0. The van der Waals surface area contributed by atoms with Crippen molar-refractivity contribution in [3.05, 3.63) is 35.6 Å². The lowest BCUT2D eigenvalue weighted by Crippen LogP contribution is -2.40. The van der Waals surface area contributed by atoms with Gasteiger partial charge in [-0.3, -0.25) is 9.59 Å². The number of amides is 1. The van der Waals surface area contributed by atoms with Crippen LogP contribution in [0.4, 0.5) is 4.39 Å². The first kappa shape index (κ1) is 14.7. The Labute approximate surface area is 117 Å². The van der Waals surface area contributed by atoms with E-state index in [2.05, 4.69) is 0 Å². The number of carbonyl (C=O) groups is 2. The monoisotopic (exact) mass is 279 g/mol. The number of hydrogen-bond donors (Lipinski definition) is 1. The SMILES string of the molecule is O=C(CCC(=O)N1CCC(O)CC1)c1ccc(F)cc1. The van der Waals surface area contributed by atoms with E-state index in [4.69, 9.17) is 0 Å². The molecule has 4 nitrogen and oxygen atoms in total. The molecule has 0 unspecified atom stereocenters. The van der Waals surface area contributed by atoms with Crippen molar-refractivity contribution in [1.29, 1.82) is 0 Å². The molecular weight excluding hydrogens is 261 g/mol. The van der Waals surface area contributed by atoms with Crippen LogP contribution in [0.15, 0.2) is 24.3 Å². The molecule has 108 valence electrons. The van der Waals surface area contributed by atoms with Crippen LogP contribution < -0.4 is 0 Å². The Morgan fingerprint density at radius 3 is 2.35 bits per heavy atom. The molecule has 0 atom stereocenters. The summed E-state index contributed by atoms with van der Waals surface area (Å²) in [6.45, 7) is 1.09. The lowest BCUT2D eigenvalue weighted by molar-refractivity contribution is -0.133. The topological polar surface area (TPSA) is 57.6 Å². The van der Waals surface area contributed by atoms with E-state index in [1.165, 1.54) is 24.3 Å². The lowest BCUT2D eigenvalue weighted by atomic mass is 10.0. The summed E-state index contributed by atoms with van der Waals surface area (Å²) in [6, 6.07) is 5.33. The average Bonchev–Trinajstić information content (AvgIpc) is 2.46. The van der Waals surface area contributed by atoms with Crippen molar-refractivity contribution < 1.29 is 19.1 Å². The summed E-state index contributed by atoms with van der Waals surface area (Å²) in [6.07, 6.45) is 1.16. The molecule has 5 heteroatoms. The molecule has 1 aliphatic heterocycles. The number of carbonyl (C=O) groups excluding carboxylic acids is 2. The molecule has 0 spiro atoms. The zero-order valence-corrected chi connectivity index (χ0v) is 11.2. The van der Waals surface area contributed by atoms with E-state index in [1.807, 2.05) is 0 Å². The summed E-state index contributed by atoms with van der Waals surface area (Å²) in [7, 11) is 0. The molecule has 0 aliphatic carbocycles. The lowest BCUT2D eigenvalue weighted by Gasteiger charge is -2.29. The highest BCUT2D eigenvalue weighted by Gasteiger charge is 2.21. The molecule has 1 saturated heterocycles. The Morgan fingerprint density at radius 2 is 1.75 bits per heavy atom. The molecular formula is C15H18FNO3. The third kappa shape index (κ3) is 3.87. The van der Waals surface area contributed by atoms with Crippen molar-refractivity contribution in [1.82, 2.24) is 4.90 Å². The van der Waals surface area contributed by atoms with Gasteiger partial charge in [0.1, 0.15) is 5.82 Å². The number of aliphatic hydroxyl groups excluding tert-OH is 1. The summed E-state index contributed by atoms with van der Waals surface area (Å²) in [5.74, 6) is -0.604. The second kappa shape index (κ2) is 6.61. The predicted octanol–water partition coefficient (Wildman–Crippen LogP) is 1.77. The van der Waals surface area contributed by atoms with Gasteiger partial charge in [-0.2, -0.15) is 0 Å². The molecule has 0 bridgehead atoms. The smallest absolute Gasteiger partial charge is 0.223 e. The minimum Gasteiger partial charge on any atom is -0.393 e. The maximum Gasteiger partial charge on any atom is 0.223 e. The Hall–Kier alpha value is -1.75. The number of halogens is 1. The van der Waals surface area contributed by atoms with Gasteiger partial charge in [0, 0.05) is 31.5 Å². The number of ketones is 1. The van der Waals surface area contributed by atoms with E-state index < -0.39 is 0 Å². The normalized spacial score (nSPS) is 16.2. The molecule has 0 aromatic heterocycles. The molecule has 1 fully saturated rings. The highest BCUT2D eigenvalue weighted by molar-refractivity contribution is 5.97. The molecule has 1 aromatic carbocycles. The summed E-state index contributed by atoms with van der Waals surface area (Å²) in [5, 5.41) is 9.38. The summed E-state index contributed by atoms with van der Waals surface area (Å²) in [5.41, 5.74) is 0.424. The second-order valence-electron chi connectivity index (χ2n) is 5.04. The van der Waals surface area contributed by atoms with Crippen LogP contribution >= 0.6 is 0 Å². The van der Waals surface area contributed by atoms with Gasteiger partial charge in [-0.15, -0.1) is 0 Å².